The van der Waals surface area contributed by atoms with E-state index in [-0.39, 0.29) is 31.0 Å². The number of ether oxygens (including phenoxy) is 1. The number of hydrogen-bond acceptors (Lipinski definition) is 3. The topological polar surface area (TPSA) is 58.6 Å². The van der Waals surface area contributed by atoms with E-state index in [0.29, 0.717) is 17.2 Å². The van der Waals surface area contributed by atoms with Crippen LogP contribution in [0.1, 0.15) is 36.1 Å². The highest BCUT2D eigenvalue weighted by atomic mass is 35.5. The lowest BCUT2D eigenvalue weighted by Gasteiger charge is -2.32. The van der Waals surface area contributed by atoms with Crippen LogP contribution in [0.15, 0.2) is 72.8 Å². The van der Waals surface area contributed by atoms with Crippen molar-refractivity contribution in [3.8, 4) is 5.75 Å². The van der Waals surface area contributed by atoms with Gasteiger partial charge < -0.3 is 15.0 Å². The number of aryl methyl sites for hydroxylation is 2. The second-order valence-electron chi connectivity index (χ2n) is 9.09. The van der Waals surface area contributed by atoms with E-state index < -0.39 is 6.04 Å². The lowest BCUT2D eigenvalue weighted by atomic mass is 10.0. The lowest BCUT2D eigenvalue weighted by molar-refractivity contribution is -0.143. The van der Waals surface area contributed by atoms with Gasteiger partial charge in [-0.25, -0.2) is 0 Å². The summed E-state index contributed by atoms with van der Waals surface area (Å²) in [4.78, 5) is 28.5. The van der Waals surface area contributed by atoms with Gasteiger partial charge in [0.25, 0.3) is 5.91 Å². The summed E-state index contributed by atoms with van der Waals surface area (Å²) in [5.41, 5.74) is 3.84. The average molecular weight is 493 g/mol. The Bertz CT molecular complexity index is 1130. The minimum Gasteiger partial charge on any atom is -0.484 e. The number of carbonyl (C=O) groups is 2. The molecule has 0 unspecified atom stereocenters. The fourth-order valence-electron chi connectivity index (χ4n) is 3.99. The van der Waals surface area contributed by atoms with Crippen molar-refractivity contribution in [1.29, 1.82) is 0 Å². The van der Waals surface area contributed by atoms with Crippen LogP contribution in [0.5, 0.6) is 5.75 Å². The molecule has 0 heterocycles. The van der Waals surface area contributed by atoms with Crippen LogP contribution in [0.25, 0.3) is 0 Å². The number of hydrogen-bond donors (Lipinski definition) is 1. The van der Waals surface area contributed by atoms with Crippen molar-refractivity contribution in [2.24, 2.45) is 0 Å². The minimum absolute atomic E-state index is 0.0652. The summed E-state index contributed by atoms with van der Waals surface area (Å²) in [6, 6.07) is 22.1. The van der Waals surface area contributed by atoms with Crippen LogP contribution in [0.4, 0.5) is 0 Å². The first-order valence-electron chi connectivity index (χ1n) is 11.8. The summed E-state index contributed by atoms with van der Waals surface area (Å²) < 4.78 is 5.88. The molecule has 3 aromatic rings. The Balaban J connectivity index is 1.93. The average Bonchev–Trinajstić information content (AvgIpc) is 2.80. The molecule has 1 atom stereocenters. The molecule has 0 aliphatic rings. The van der Waals surface area contributed by atoms with Crippen LogP contribution >= 0.6 is 11.6 Å². The third-order valence-electron chi connectivity index (χ3n) is 5.56. The van der Waals surface area contributed by atoms with Gasteiger partial charge in [-0.1, -0.05) is 66.2 Å². The lowest BCUT2D eigenvalue weighted by Crippen LogP contribution is -2.52. The minimum atomic E-state index is -0.730. The SMILES string of the molecule is Cc1cc(C)cc(OCC(=O)N(Cc2ccccc2Cl)[C@H](Cc2ccccc2)C(=O)NC(C)C)c1. The summed E-state index contributed by atoms with van der Waals surface area (Å²) in [5, 5.41) is 3.53. The summed E-state index contributed by atoms with van der Waals surface area (Å²) in [5.74, 6) is 0.124. The van der Waals surface area contributed by atoms with E-state index in [1.54, 1.807) is 11.0 Å². The first-order valence-corrected chi connectivity index (χ1v) is 12.2. The number of nitrogens with one attached hydrogen (secondary N) is 1. The van der Waals surface area contributed by atoms with Crippen molar-refractivity contribution in [1.82, 2.24) is 10.2 Å². The molecule has 0 aliphatic heterocycles. The highest BCUT2D eigenvalue weighted by Gasteiger charge is 2.31. The third kappa shape index (κ3) is 7.86. The van der Waals surface area contributed by atoms with Gasteiger partial charge in [0.15, 0.2) is 6.61 Å². The van der Waals surface area contributed by atoms with E-state index in [0.717, 1.165) is 22.3 Å². The van der Waals surface area contributed by atoms with Gasteiger partial charge in [0.05, 0.1) is 0 Å². The van der Waals surface area contributed by atoms with Gasteiger partial charge in [-0.05, 0) is 68.1 Å². The van der Waals surface area contributed by atoms with Crippen LogP contribution in [-0.4, -0.2) is 35.4 Å². The molecule has 0 saturated heterocycles. The number of amides is 2. The van der Waals surface area contributed by atoms with Crippen molar-refractivity contribution in [2.75, 3.05) is 6.61 Å². The fraction of sp³-hybridized carbons (Fsp3) is 0.310. The number of halogens is 1. The van der Waals surface area contributed by atoms with Gasteiger partial charge in [0, 0.05) is 24.0 Å². The van der Waals surface area contributed by atoms with Gasteiger partial charge in [-0.15, -0.1) is 0 Å². The highest BCUT2D eigenvalue weighted by Crippen LogP contribution is 2.21. The van der Waals surface area contributed by atoms with Gasteiger partial charge in [0.2, 0.25) is 5.91 Å². The number of nitrogens with zero attached hydrogens (tertiary/aromatic N) is 1. The Morgan fingerprint density at radius 2 is 1.57 bits per heavy atom. The Kier molecular flexibility index (Phi) is 9.32. The third-order valence-corrected chi connectivity index (χ3v) is 5.93. The molecule has 0 bridgehead atoms. The number of rotatable bonds is 10. The molecule has 0 fully saturated rings. The molecule has 2 amide bonds. The van der Waals surface area contributed by atoms with Crippen LogP contribution in [0.2, 0.25) is 5.02 Å². The van der Waals surface area contributed by atoms with Crippen molar-refractivity contribution in [3.05, 3.63) is 100 Å². The molecule has 1 N–H and O–H groups in total. The van der Waals surface area contributed by atoms with Gasteiger partial charge in [-0.3, -0.25) is 9.59 Å². The van der Waals surface area contributed by atoms with Gasteiger partial charge in [-0.2, -0.15) is 0 Å². The quantitative estimate of drug-likeness (QED) is 0.406. The molecule has 35 heavy (non-hydrogen) atoms. The predicted molar refractivity (Wildman–Crippen MR) is 141 cm³/mol. The van der Waals surface area contributed by atoms with Gasteiger partial charge in [0.1, 0.15) is 11.8 Å². The zero-order valence-electron chi connectivity index (χ0n) is 20.8. The molecule has 6 heteroatoms. The fourth-order valence-corrected chi connectivity index (χ4v) is 4.18. The van der Waals surface area contributed by atoms with Crippen LogP contribution in [0, 0.1) is 13.8 Å². The van der Waals surface area contributed by atoms with Gasteiger partial charge >= 0.3 is 0 Å². The molecular weight excluding hydrogens is 460 g/mol. The maximum absolute atomic E-state index is 13.6. The standard InChI is InChI=1S/C29H33ClN2O3/c1-20(2)31-29(34)27(17-23-10-6-5-7-11-23)32(18-24-12-8-9-13-26(24)30)28(33)19-35-25-15-21(3)14-22(4)16-25/h5-16,20,27H,17-19H2,1-4H3,(H,31,34)/t27-/m1/s1. The summed E-state index contributed by atoms with van der Waals surface area (Å²) >= 11 is 6.44. The monoisotopic (exact) mass is 492 g/mol. The number of carbonyl (C=O) groups excluding carboxylic acids is 2. The van der Waals surface area contributed by atoms with Crippen molar-refractivity contribution < 1.29 is 14.3 Å². The zero-order valence-corrected chi connectivity index (χ0v) is 21.5. The van der Waals surface area contributed by atoms with E-state index in [1.807, 2.05) is 94.4 Å². The van der Waals surface area contributed by atoms with Crippen molar-refractivity contribution in [2.45, 2.75) is 52.7 Å². The molecule has 3 aromatic carbocycles. The molecule has 0 aliphatic carbocycles. The smallest absolute Gasteiger partial charge is 0.261 e. The Morgan fingerprint density at radius 1 is 0.943 bits per heavy atom. The van der Waals surface area contributed by atoms with Crippen LogP contribution < -0.4 is 10.1 Å². The normalized spacial score (nSPS) is 11.7. The molecule has 0 saturated carbocycles. The molecule has 0 radical (unpaired) electrons. The largest absolute Gasteiger partial charge is 0.484 e. The molecule has 3 rings (SSSR count). The summed E-state index contributed by atoms with van der Waals surface area (Å²) in [6.07, 6.45) is 0.374. The highest BCUT2D eigenvalue weighted by molar-refractivity contribution is 6.31. The molecule has 0 spiro atoms. The van der Waals surface area contributed by atoms with Crippen LogP contribution in [-0.2, 0) is 22.6 Å². The van der Waals surface area contributed by atoms with Crippen LogP contribution in [0.3, 0.4) is 0 Å². The summed E-state index contributed by atoms with van der Waals surface area (Å²) in [7, 11) is 0. The van der Waals surface area contributed by atoms with E-state index in [9.17, 15) is 9.59 Å². The Labute approximate surface area is 213 Å². The second kappa shape index (κ2) is 12.4. The predicted octanol–water partition coefficient (Wildman–Crippen LogP) is 5.50. The molecular formula is C29H33ClN2O3. The zero-order chi connectivity index (χ0) is 25.4. The maximum atomic E-state index is 13.6. The van der Waals surface area contributed by atoms with E-state index in [4.69, 9.17) is 16.3 Å². The Hall–Kier alpha value is -3.31. The second-order valence-corrected chi connectivity index (χ2v) is 9.50. The maximum Gasteiger partial charge on any atom is 0.261 e. The van der Waals surface area contributed by atoms with E-state index in [2.05, 4.69) is 5.32 Å². The first-order chi connectivity index (χ1) is 16.7. The van der Waals surface area contributed by atoms with Crippen molar-refractivity contribution >= 4 is 23.4 Å². The summed E-state index contributed by atoms with van der Waals surface area (Å²) in [6.45, 7) is 7.78. The molecule has 184 valence electrons. The van der Waals surface area contributed by atoms with E-state index in [1.165, 1.54) is 0 Å². The number of benzene rings is 3. The van der Waals surface area contributed by atoms with E-state index >= 15 is 0 Å². The molecule has 0 aromatic heterocycles. The van der Waals surface area contributed by atoms with Crippen molar-refractivity contribution in [3.63, 3.8) is 0 Å². The first kappa shape index (κ1) is 26.3. The molecule has 5 nitrogen and oxygen atoms in total. The Morgan fingerprint density at radius 3 is 2.20 bits per heavy atom.